The highest BCUT2D eigenvalue weighted by Crippen LogP contribution is 2.31. The molecule has 0 spiro atoms. The zero-order valence-electron chi connectivity index (χ0n) is 14.1. The number of hydrogen-bond donors (Lipinski definition) is 1. The highest BCUT2D eigenvalue weighted by molar-refractivity contribution is 6.33. The Morgan fingerprint density at radius 1 is 1.15 bits per heavy atom. The van der Waals surface area contributed by atoms with Crippen molar-refractivity contribution in [1.82, 2.24) is 14.8 Å². The Hall–Kier alpha value is -2.57. The molecule has 2 aromatic carbocycles. The van der Waals surface area contributed by atoms with Crippen molar-refractivity contribution >= 4 is 29.1 Å². The summed E-state index contributed by atoms with van der Waals surface area (Å²) >= 11 is 12.4. The smallest absolute Gasteiger partial charge is 0.248 e. The lowest BCUT2D eigenvalue weighted by Crippen LogP contribution is -2.12. The van der Waals surface area contributed by atoms with E-state index in [0.717, 1.165) is 5.56 Å². The number of carbonyl (C=O) groups is 1. The lowest BCUT2D eigenvalue weighted by atomic mass is 10.2. The first kappa shape index (κ1) is 18.2. The van der Waals surface area contributed by atoms with Crippen molar-refractivity contribution in [2.75, 3.05) is 0 Å². The van der Waals surface area contributed by atoms with Crippen LogP contribution in [0.1, 0.15) is 29.2 Å². The molecule has 1 amide bonds. The van der Waals surface area contributed by atoms with E-state index in [1.807, 2.05) is 36.7 Å². The van der Waals surface area contributed by atoms with E-state index in [0.29, 0.717) is 33.0 Å². The Bertz CT molecular complexity index is 972. The number of hydrogen-bond acceptors (Lipinski definition) is 4. The minimum atomic E-state index is -0.552. The van der Waals surface area contributed by atoms with Crippen LogP contribution in [0.5, 0.6) is 5.75 Å². The van der Waals surface area contributed by atoms with Gasteiger partial charge in [0, 0.05) is 18.2 Å². The number of rotatable bonds is 5. The highest BCUT2D eigenvalue weighted by atomic mass is 35.5. The number of nitrogens with two attached hydrogens (primary N) is 1. The van der Waals surface area contributed by atoms with E-state index in [-0.39, 0.29) is 0 Å². The number of halogens is 2. The maximum absolute atomic E-state index is 11.2. The van der Waals surface area contributed by atoms with Crippen LogP contribution >= 0.6 is 23.2 Å². The van der Waals surface area contributed by atoms with E-state index in [9.17, 15) is 4.79 Å². The second-order valence-electron chi connectivity index (χ2n) is 5.69. The molecule has 0 radical (unpaired) electrons. The van der Waals surface area contributed by atoms with E-state index >= 15 is 0 Å². The summed E-state index contributed by atoms with van der Waals surface area (Å²) in [6, 6.07) is 12.0. The highest BCUT2D eigenvalue weighted by Gasteiger charge is 2.20. The molecule has 1 aromatic heterocycles. The second-order valence-corrected chi connectivity index (χ2v) is 6.50. The Morgan fingerprint density at radius 3 is 2.54 bits per heavy atom. The molecule has 26 heavy (non-hydrogen) atoms. The molecule has 1 atom stereocenters. The fraction of sp³-hybridized carbons (Fsp3) is 0.167. The van der Waals surface area contributed by atoms with Gasteiger partial charge < -0.3 is 15.0 Å². The van der Waals surface area contributed by atoms with Crippen molar-refractivity contribution in [1.29, 1.82) is 0 Å². The summed E-state index contributed by atoms with van der Waals surface area (Å²) in [4.78, 5) is 11.2. The van der Waals surface area contributed by atoms with Gasteiger partial charge in [-0.15, -0.1) is 10.2 Å². The first-order chi connectivity index (χ1) is 12.4. The van der Waals surface area contributed by atoms with Gasteiger partial charge in [-0.1, -0.05) is 35.3 Å². The van der Waals surface area contributed by atoms with Gasteiger partial charge in [0.25, 0.3) is 0 Å². The van der Waals surface area contributed by atoms with Gasteiger partial charge in [0.15, 0.2) is 17.8 Å². The quantitative estimate of drug-likeness (QED) is 0.712. The van der Waals surface area contributed by atoms with E-state index in [1.54, 1.807) is 18.2 Å². The summed E-state index contributed by atoms with van der Waals surface area (Å²) in [6.07, 6.45) is -0.430. The standard InChI is InChI=1S/C18H16Cl2N4O2/c1-10(26-15-8-7-11(16(21)25)9-14(15)20)17-22-23-18(24(17)2)12-5-3-4-6-13(12)19/h3-10H,1-2H3,(H2,21,25)/t10-/m0/s1. The van der Waals surface area contributed by atoms with Gasteiger partial charge in [-0.3, -0.25) is 4.79 Å². The molecule has 0 bridgehead atoms. The van der Waals surface area contributed by atoms with Crippen LogP contribution in [0.25, 0.3) is 11.4 Å². The number of amides is 1. The average molecular weight is 391 g/mol. The van der Waals surface area contributed by atoms with Crippen molar-refractivity contribution in [2.45, 2.75) is 13.0 Å². The van der Waals surface area contributed by atoms with Crippen LogP contribution in [0.2, 0.25) is 10.0 Å². The molecule has 3 rings (SSSR count). The SMILES string of the molecule is C[C@H](Oc1ccc(C(N)=O)cc1Cl)c1nnc(-c2ccccc2Cl)n1C. The van der Waals surface area contributed by atoms with E-state index in [2.05, 4.69) is 10.2 Å². The molecule has 0 aliphatic carbocycles. The largest absolute Gasteiger partial charge is 0.481 e. The maximum Gasteiger partial charge on any atom is 0.248 e. The normalized spacial score (nSPS) is 12.0. The Balaban J connectivity index is 1.87. The third-order valence-electron chi connectivity index (χ3n) is 3.91. The molecular formula is C18H16Cl2N4O2. The topological polar surface area (TPSA) is 83.0 Å². The van der Waals surface area contributed by atoms with Crippen molar-refractivity contribution in [3.8, 4) is 17.1 Å². The molecule has 6 nitrogen and oxygen atoms in total. The van der Waals surface area contributed by atoms with Crippen LogP contribution in [0, 0.1) is 0 Å². The van der Waals surface area contributed by atoms with Crippen LogP contribution in [0.3, 0.4) is 0 Å². The molecule has 0 saturated heterocycles. The molecular weight excluding hydrogens is 375 g/mol. The predicted octanol–water partition coefficient (Wildman–Crippen LogP) is 4.03. The molecule has 0 saturated carbocycles. The van der Waals surface area contributed by atoms with E-state index in [1.165, 1.54) is 6.07 Å². The molecule has 0 fully saturated rings. The van der Waals surface area contributed by atoms with Gasteiger partial charge in [0.1, 0.15) is 5.75 Å². The number of nitrogens with zero attached hydrogens (tertiary/aromatic N) is 3. The number of benzene rings is 2. The third-order valence-corrected chi connectivity index (χ3v) is 4.53. The third kappa shape index (κ3) is 3.52. The van der Waals surface area contributed by atoms with Gasteiger partial charge >= 0.3 is 0 Å². The summed E-state index contributed by atoms with van der Waals surface area (Å²) in [5, 5.41) is 9.32. The first-order valence-electron chi connectivity index (χ1n) is 7.78. The van der Waals surface area contributed by atoms with Gasteiger partial charge in [0.2, 0.25) is 5.91 Å². The van der Waals surface area contributed by atoms with Crippen LogP contribution in [0.15, 0.2) is 42.5 Å². The Morgan fingerprint density at radius 2 is 1.88 bits per heavy atom. The van der Waals surface area contributed by atoms with E-state index < -0.39 is 12.0 Å². The molecule has 0 unspecified atom stereocenters. The predicted molar refractivity (Wildman–Crippen MR) is 100 cm³/mol. The molecule has 134 valence electrons. The fourth-order valence-corrected chi connectivity index (χ4v) is 3.01. The molecule has 0 aliphatic heterocycles. The van der Waals surface area contributed by atoms with Crippen molar-refractivity contribution < 1.29 is 9.53 Å². The summed E-state index contributed by atoms with van der Waals surface area (Å²) in [7, 11) is 1.84. The summed E-state index contributed by atoms with van der Waals surface area (Å²) < 4.78 is 7.70. The number of primary amides is 1. The zero-order chi connectivity index (χ0) is 18.8. The van der Waals surface area contributed by atoms with Gasteiger partial charge in [-0.05, 0) is 37.3 Å². The fourth-order valence-electron chi connectivity index (χ4n) is 2.57. The Kier molecular flexibility index (Phi) is 5.15. The van der Waals surface area contributed by atoms with Crippen LogP contribution in [-0.2, 0) is 7.05 Å². The molecule has 3 aromatic rings. The number of carbonyl (C=O) groups excluding carboxylic acids is 1. The minimum Gasteiger partial charge on any atom is -0.481 e. The van der Waals surface area contributed by atoms with Gasteiger partial charge in [0.05, 0.1) is 10.0 Å². The number of aromatic nitrogens is 3. The number of ether oxygens (including phenoxy) is 1. The second kappa shape index (κ2) is 7.35. The van der Waals surface area contributed by atoms with Crippen LogP contribution in [-0.4, -0.2) is 20.7 Å². The zero-order valence-corrected chi connectivity index (χ0v) is 15.6. The van der Waals surface area contributed by atoms with Gasteiger partial charge in [-0.2, -0.15) is 0 Å². The lowest BCUT2D eigenvalue weighted by Gasteiger charge is -2.16. The van der Waals surface area contributed by atoms with Crippen LogP contribution in [0.4, 0.5) is 0 Å². The molecule has 2 N–H and O–H groups in total. The Labute approximate surface area is 160 Å². The monoisotopic (exact) mass is 390 g/mol. The van der Waals surface area contributed by atoms with E-state index in [4.69, 9.17) is 33.7 Å². The molecule has 1 heterocycles. The van der Waals surface area contributed by atoms with Gasteiger partial charge in [-0.25, -0.2) is 0 Å². The molecule has 0 aliphatic rings. The minimum absolute atomic E-state index is 0.293. The summed E-state index contributed by atoms with van der Waals surface area (Å²) in [6.45, 7) is 1.83. The summed E-state index contributed by atoms with van der Waals surface area (Å²) in [5.41, 5.74) is 6.34. The van der Waals surface area contributed by atoms with Crippen molar-refractivity contribution in [3.05, 3.63) is 63.9 Å². The maximum atomic E-state index is 11.2. The average Bonchev–Trinajstić information content (AvgIpc) is 2.98. The summed E-state index contributed by atoms with van der Waals surface area (Å²) in [5.74, 6) is 1.11. The van der Waals surface area contributed by atoms with Crippen LogP contribution < -0.4 is 10.5 Å². The van der Waals surface area contributed by atoms with Crippen molar-refractivity contribution in [2.24, 2.45) is 12.8 Å². The lowest BCUT2D eigenvalue weighted by molar-refractivity contribution is 0.1000. The van der Waals surface area contributed by atoms with Crippen molar-refractivity contribution in [3.63, 3.8) is 0 Å². The first-order valence-corrected chi connectivity index (χ1v) is 8.54. The molecule has 8 heteroatoms.